The summed E-state index contributed by atoms with van der Waals surface area (Å²) in [6.45, 7) is 0. The fourth-order valence-corrected chi connectivity index (χ4v) is 2.30. The Bertz CT molecular complexity index is 388. The Hall–Kier alpha value is -1.40. The van der Waals surface area contributed by atoms with Crippen molar-refractivity contribution in [2.45, 2.75) is 25.3 Å². The molecule has 0 radical (unpaired) electrons. The average molecular weight is 242 g/mol. The van der Waals surface area contributed by atoms with Crippen LogP contribution in [0.5, 0.6) is 0 Å². The summed E-state index contributed by atoms with van der Waals surface area (Å²) in [5.74, 6) is -2.27. The molecule has 1 aromatic rings. The van der Waals surface area contributed by atoms with Crippen LogP contribution < -0.4 is 15.9 Å². The molecule has 1 heterocycles. The van der Waals surface area contributed by atoms with Crippen molar-refractivity contribution < 1.29 is 25.5 Å². The van der Waals surface area contributed by atoms with Gasteiger partial charge in [0.15, 0.2) is 6.04 Å². The maximum absolute atomic E-state index is 10.6. The molecule has 5 nitrogen and oxygen atoms in total. The summed E-state index contributed by atoms with van der Waals surface area (Å²) < 4.78 is 0. The Morgan fingerprint density at radius 1 is 1.38 bits per heavy atom. The maximum Gasteiger partial charge on any atom is 0.159 e. The molecule has 0 saturated heterocycles. The Morgan fingerprint density at radius 3 is 2.62 bits per heavy atom. The summed E-state index contributed by atoms with van der Waals surface area (Å²) in [5, 5.41) is 20.7. The number of hydrogen-bond donors (Lipinski definition) is 1. The van der Waals surface area contributed by atoms with E-state index in [1.165, 1.54) is 11.3 Å². The lowest BCUT2D eigenvalue weighted by atomic mass is 10.2. The predicted octanol–water partition coefficient (Wildman–Crippen LogP) is -2.15. The summed E-state index contributed by atoms with van der Waals surface area (Å²) in [4.78, 5) is 22.3. The van der Waals surface area contributed by atoms with Gasteiger partial charge in [-0.1, -0.05) is 0 Å². The zero-order valence-corrected chi connectivity index (χ0v) is 9.42. The van der Waals surface area contributed by atoms with Crippen molar-refractivity contribution >= 4 is 23.3 Å². The Morgan fingerprint density at radius 2 is 2.06 bits per heavy atom. The number of rotatable bonds is 6. The van der Waals surface area contributed by atoms with Gasteiger partial charge in [-0.05, 0) is 31.4 Å². The van der Waals surface area contributed by atoms with Gasteiger partial charge >= 0.3 is 0 Å². The molecule has 0 saturated carbocycles. The second kappa shape index (κ2) is 5.62. The van der Waals surface area contributed by atoms with Crippen LogP contribution in [-0.4, -0.2) is 11.9 Å². The van der Waals surface area contributed by atoms with Crippen LogP contribution in [0, 0.1) is 0 Å². The van der Waals surface area contributed by atoms with Gasteiger partial charge < -0.3 is 25.5 Å². The molecule has 0 amide bonds. The van der Waals surface area contributed by atoms with Crippen LogP contribution in [0.15, 0.2) is 12.1 Å². The molecule has 0 spiro atoms. The van der Waals surface area contributed by atoms with Gasteiger partial charge in [-0.15, -0.1) is 11.3 Å². The molecule has 0 aliphatic rings. The molecule has 1 atom stereocenters. The van der Waals surface area contributed by atoms with Gasteiger partial charge in [0.2, 0.25) is 0 Å². The molecule has 16 heavy (non-hydrogen) atoms. The summed E-state index contributed by atoms with van der Waals surface area (Å²) in [5.41, 5.74) is 3.47. The Kier molecular flexibility index (Phi) is 4.45. The minimum absolute atomic E-state index is 0.0154. The zero-order chi connectivity index (χ0) is 12.1. The van der Waals surface area contributed by atoms with Crippen molar-refractivity contribution in [2.75, 3.05) is 0 Å². The van der Waals surface area contributed by atoms with Gasteiger partial charge in [0.05, 0.1) is 4.88 Å². The molecule has 6 heteroatoms. The van der Waals surface area contributed by atoms with Crippen molar-refractivity contribution in [1.82, 2.24) is 0 Å². The largest absolute Gasteiger partial charge is 0.550 e. The second-order valence-corrected chi connectivity index (χ2v) is 4.60. The van der Waals surface area contributed by atoms with Crippen LogP contribution in [-0.2, 0) is 16.0 Å². The van der Waals surface area contributed by atoms with Gasteiger partial charge in [0.25, 0.3) is 0 Å². The molecule has 3 N–H and O–H groups in total. The quantitative estimate of drug-likeness (QED) is 0.613. The highest BCUT2D eigenvalue weighted by atomic mass is 32.1. The maximum atomic E-state index is 10.6. The highest BCUT2D eigenvalue weighted by Crippen LogP contribution is 2.22. The third kappa shape index (κ3) is 3.63. The van der Waals surface area contributed by atoms with Gasteiger partial charge in [0.1, 0.15) is 5.97 Å². The smallest absolute Gasteiger partial charge is 0.159 e. The molecule has 0 aromatic carbocycles. The van der Waals surface area contributed by atoms with Crippen LogP contribution in [0.1, 0.15) is 28.6 Å². The van der Waals surface area contributed by atoms with Crippen molar-refractivity contribution in [3.8, 4) is 0 Å². The van der Waals surface area contributed by atoms with E-state index in [2.05, 4.69) is 5.73 Å². The van der Waals surface area contributed by atoms with E-state index in [9.17, 15) is 19.8 Å². The second-order valence-electron chi connectivity index (χ2n) is 3.40. The highest BCUT2D eigenvalue weighted by molar-refractivity contribution is 7.12. The third-order valence-corrected chi connectivity index (χ3v) is 3.37. The molecule has 88 valence electrons. The molecule has 0 fully saturated rings. The van der Waals surface area contributed by atoms with E-state index in [-0.39, 0.29) is 6.42 Å². The number of thiophene rings is 1. The molecular formula is C10H12NO4S-. The van der Waals surface area contributed by atoms with E-state index < -0.39 is 18.0 Å². The minimum Gasteiger partial charge on any atom is -0.550 e. The van der Waals surface area contributed by atoms with Crippen LogP contribution in [0.2, 0.25) is 0 Å². The number of carboxylic acid groups (broad SMARTS) is 2. The first kappa shape index (κ1) is 12.7. The molecule has 1 rings (SSSR count). The molecule has 0 aliphatic carbocycles. The number of quaternary nitrogens is 1. The number of aryl methyl sites for hydroxylation is 1. The number of carbonyl (C=O) groups excluding carboxylic acids is 2. The van der Waals surface area contributed by atoms with Crippen LogP contribution in [0.3, 0.4) is 0 Å². The summed E-state index contributed by atoms with van der Waals surface area (Å²) >= 11 is 1.32. The minimum atomic E-state index is -1.21. The number of hydrogen-bond acceptors (Lipinski definition) is 5. The SMILES string of the molecule is [NH3+][C@@H](C(=O)[O-])c1ccc(CCCC(=O)[O-])s1. The average Bonchev–Trinajstić information content (AvgIpc) is 2.64. The van der Waals surface area contributed by atoms with Gasteiger partial charge in [-0.3, -0.25) is 0 Å². The lowest BCUT2D eigenvalue weighted by Gasteiger charge is -2.05. The van der Waals surface area contributed by atoms with Crippen molar-refractivity contribution in [1.29, 1.82) is 0 Å². The van der Waals surface area contributed by atoms with Crippen LogP contribution >= 0.6 is 11.3 Å². The van der Waals surface area contributed by atoms with Crippen molar-refractivity contribution in [2.24, 2.45) is 0 Å². The fraction of sp³-hybridized carbons (Fsp3) is 0.400. The van der Waals surface area contributed by atoms with Gasteiger partial charge in [-0.2, -0.15) is 0 Å². The van der Waals surface area contributed by atoms with E-state index >= 15 is 0 Å². The first-order valence-electron chi connectivity index (χ1n) is 4.83. The van der Waals surface area contributed by atoms with Crippen molar-refractivity contribution in [3.63, 3.8) is 0 Å². The zero-order valence-electron chi connectivity index (χ0n) is 8.60. The van der Waals surface area contributed by atoms with E-state index in [0.29, 0.717) is 17.7 Å². The molecular weight excluding hydrogens is 230 g/mol. The molecule has 1 aromatic heterocycles. The third-order valence-electron chi connectivity index (χ3n) is 2.11. The molecule has 0 aliphatic heterocycles. The van der Waals surface area contributed by atoms with Crippen LogP contribution in [0.25, 0.3) is 0 Å². The first-order valence-corrected chi connectivity index (χ1v) is 5.64. The van der Waals surface area contributed by atoms with Crippen LogP contribution in [0.4, 0.5) is 0 Å². The first-order chi connectivity index (χ1) is 7.50. The monoisotopic (exact) mass is 242 g/mol. The fourth-order valence-electron chi connectivity index (χ4n) is 1.24. The Balaban J connectivity index is 2.51. The predicted molar refractivity (Wildman–Crippen MR) is 52.9 cm³/mol. The standard InChI is InChI=1S/C10H13NO4S/c11-9(10(14)15)7-5-4-6(16-7)2-1-3-8(12)13/h4-5,9H,1-3,11H2,(H,12,13)(H,14,15)/p-1/t9-/m1/s1. The van der Waals surface area contributed by atoms with E-state index in [1.807, 2.05) is 0 Å². The topological polar surface area (TPSA) is 108 Å². The van der Waals surface area contributed by atoms with Gasteiger partial charge in [-0.25, -0.2) is 0 Å². The Labute approximate surface area is 96.5 Å². The number of aliphatic carboxylic acids is 2. The normalized spacial score (nSPS) is 12.3. The van der Waals surface area contributed by atoms with Gasteiger partial charge in [0, 0.05) is 10.8 Å². The summed E-state index contributed by atoms with van der Waals surface area (Å²) in [6, 6.07) is 2.61. The number of carboxylic acids is 2. The number of carbonyl (C=O) groups is 2. The highest BCUT2D eigenvalue weighted by Gasteiger charge is 2.13. The summed E-state index contributed by atoms with van der Waals surface area (Å²) in [6.07, 6.45) is 1.12. The molecule has 0 unspecified atom stereocenters. The van der Waals surface area contributed by atoms with E-state index in [0.717, 1.165) is 4.88 Å². The van der Waals surface area contributed by atoms with Crippen molar-refractivity contribution in [3.05, 3.63) is 21.9 Å². The summed E-state index contributed by atoms with van der Waals surface area (Å²) in [7, 11) is 0. The lowest BCUT2D eigenvalue weighted by molar-refractivity contribution is -0.442. The van der Waals surface area contributed by atoms with E-state index in [1.54, 1.807) is 12.1 Å². The lowest BCUT2D eigenvalue weighted by Crippen LogP contribution is -2.60. The van der Waals surface area contributed by atoms with E-state index in [4.69, 9.17) is 0 Å². The molecule has 0 bridgehead atoms.